The van der Waals surface area contributed by atoms with Crippen LogP contribution in [0.3, 0.4) is 0 Å². The fraction of sp³-hybridized carbons (Fsp3) is 0.421. The average Bonchev–Trinajstić information content (AvgIpc) is 3.43. The summed E-state index contributed by atoms with van der Waals surface area (Å²) in [5.74, 6) is 0.292. The Hall–Kier alpha value is -2.73. The molecule has 0 bridgehead atoms. The molecule has 1 aliphatic heterocycles. The summed E-state index contributed by atoms with van der Waals surface area (Å²) in [4.78, 5) is 4.39. The Morgan fingerprint density at radius 1 is 1.10 bits per heavy atom. The minimum atomic E-state index is -4.43. The summed E-state index contributed by atoms with van der Waals surface area (Å²) < 4.78 is 72.2. The van der Waals surface area contributed by atoms with Crippen LogP contribution in [-0.2, 0) is 22.7 Å². The van der Waals surface area contributed by atoms with Gasteiger partial charge >= 0.3 is 6.18 Å². The van der Waals surface area contributed by atoms with Crippen LogP contribution < -0.4 is 0 Å². The number of sulfonamides is 1. The van der Waals surface area contributed by atoms with Crippen LogP contribution in [0.2, 0.25) is 0 Å². The van der Waals surface area contributed by atoms with Crippen molar-refractivity contribution >= 4 is 10.0 Å². The maximum Gasteiger partial charge on any atom is 0.416 e. The second-order valence-corrected chi connectivity index (χ2v) is 9.23. The highest BCUT2D eigenvalue weighted by Gasteiger charge is 2.33. The van der Waals surface area contributed by atoms with Crippen LogP contribution in [0.25, 0.3) is 11.5 Å². The van der Waals surface area contributed by atoms with Crippen molar-refractivity contribution in [3.05, 3.63) is 47.0 Å². The maximum atomic E-state index is 13.0. The summed E-state index contributed by atoms with van der Waals surface area (Å²) in [6.07, 6.45) is -2.76. The van der Waals surface area contributed by atoms with Gasteiger partial charge in [0.15, 0.2) is 5.82 Å². The van der Waals surface area contributed by atoms with Crippen LogP contribution >= 0.6 is 0 Å². The lowest BCUT2D eigenvalue weighted by Gasteiger charge is -2.15. The molecule has 1 aliphatic rings. The van der Waals surface area contributed by atoms with Gasteiger partial charge in [-0.05, 0) is 51.0 Å². The number of hydrogen-bond donors (Lipinski definition) is 0. The van der Waals surface area contributed by atoms with Gasteiger partial charge in [0.25, 0.3) is 5.89 Å². The van der Waals surface area contributed by atoms with Crippen molar-refractivity contribution in [2.24, 2.45) is 0 Å². The van der Waals surface area contributed by atoms with Crippen LogP contribution in [-0.4, -0.2) is 45.7 Å². The van der Waals surface area contributed by atoms with E-state index in [0.29, 0.717) is 30.0 Å². The van der Waals surface area contributed by atoms with Gasteiger partial charge in [-0.25, -0.2) is 8.42 Å². The molecule has 0 amide bonds. The zero-order valence-electron chi connectivity index (χ0n) is 16.8. The molecular formula is C19H20F3N5O3S. The van der Waals surface area contributed by atoms with E-state index < -0.39 is 21.8 Å². The molecule has 0 unspecified atom stereocenters. The second-order valence-electron chi connectivity index (χ2n) is 7.36. The summed E-state index contributed by atoms with van der Waals surface area (Å²) in [5.41, 5.74) is 0.420. The lowest BCUT2D eigenvalue weighted by Crippen LogP contribution is -2.28. The monoisotopic (exact) mass is 455 g/mol. The Labute approximate surface area is 176 Å². The third kappa shape index (κ3) is 4.09. The number of nitrogens with zero attached hydrogens (tertiary/aromatic N) is 5. The third-order valence-corrected chi connectivity index (χ3v) is 7.35. The van der Waals surface area contributed by atoms with Gasteiger partial charge in [0, 0.05) is 18.7 Å². The smallest absolute Gasteiger partial charge is 0.334 e. The van der Waals surface area contributed by atoms with Crippen molar-refractivity contribution in [1.82, 2.24) is 24.2 Å². The molecule has 3 aromatic rings. The maximum absolute atomic E-state index is 13.0. The summed E-state index contributed by atoms with van der Waals surface area (Å²) in [5, 5.41) is 8.18. The van der Waals surface area contributed by atoms with Gasteiger partial charge in [0.1, 0.15) is 11.4 Å². The van der Waals surface area contributed by atoms with Crippen LogP contribution in [0, 0.1) is 13.8 Å². The molecule has 12 heteroatoms. The van der Waals surface area contributed by atoms with Crippen molar-refractivity contribution in [3.8, 4) is 11.5 Å². The number of aromatic nitrogens is 4. The Kier molecular flexibility index (Phi) is 5.38. The largest absolute Gasteiger partial charge is 0.416 e. The van der Waals surface area contributed by atoms with E-state index in [2.05, 4.69) is 15.2 Å². The van der Waals surface area contributed by atoms with E-state index in [1.54, 1.807) is 13.8 Å². The molecule has 31 heavy (non-hydrogen) atoms. The standard InChI is InChI=1S/C19H20F3N5O3S/c1-12-17(31(28,29)26-9-3-4-10-26)13(2)27(24-12)11-16-23-18(30-25-16)14-5-7-15(8-6-14)19(20,21)22/h5-8H,3-4,9-11H2,1-2H3. The highest BCUT2D eigenvalue weighted by atomic mass is 32.2. The molecular weight excluding hydrogens is 435 g/mol. The van der Waals surface area contributed by atoms with Crippen LogP contribution in [0.5, 0.6) is 0 Å². The summed E-state index contributed by atoms with van der Waals surface area (Å²) in [7, 11) is -3.63. The molecule has 1 fully saturated rings. The van der Waals surface area contributed by atoms with Crippen molar-refractivity contribution in [2.75, 3.05) is 13.1 Å². The number of aryl methyl sites for hydroxylation is 1. The average molecular weight is 455 g/mol. The van der Waals surface area contributed by atoms with Gasteiger partial charge in [-0.15, -0.1) is 0 Å². The fourth-order valence-electron chi connectivity index (χ4n) is 3.64. The highest BCUT2D eigenvalue weighted by Crippen LogP contribution is 2.31. The van der Waals surface area contributed by atoms with Gasteiger partial charge in [-0.3, -0.25) is 4.68 Å². The number of benzene rings is 1. The van der Waals surface area contributed by atoms with Crippen LogP contribution in [0.1, 0.15) is 35.6 Å². The fourth-order valence-corrected chi connectivity index (χ4v) is 5.53. The van der Waals surface area contributed by atoms with E-state index in [4.69, 9.17) is 4.52 Å². The zero-order chi connectivity index (χ0) is 22.4. The van der Waals surface area contributed by atoms with Gasteiger partial charge in [-0.2, -0.15) is 27.6 Å². The lowest BCUT2D eigenvalue weighted by atomic mass is 10.1. The zero-order valence-corrected chi connectivity index (χ0v) is 17.7. The SMILES string of the molecule is Cc1nn(Cc2noc(-c3ccc(C(F)(F)F)cc3)n2)c(C)c1S(=O)(=O)N1CCCC1. The molecule has 8 nitrogen and oxygen atoms in total. The Bertz CT molecular complexity index is 1190. The predicted octanol–water partition coefficient (Wildman–Crippen LogP) is 3.40. The lowest BCUT2D eigenvalue weighted by molar-refractivity contribution is -0.137. The quantitative estimate of drug-likeness (QED) is 0.585. The first kappa shape index (κ1) is 21.5. The van der Waals surface area contributed by atoms with Crippen LogP contribution in [0.4, 0.5) is 13.2 Å². The molecule has 0 spiro atoms. The summed E-state index contributed by atoms with van der Waals surface area (Å²) in [6, 6.07) is 4.39. The molecule has 166 valence electrons. The van der Waals surface area contributed by atoms with Crippen molar-refractivity contribution in [2.45, 2.75) is 44.3 Å². The Morgan fingerprint density at radius 3 is 2.35 bits per heavy atom. The first-order valence-electron chi connectivity index (χ1n) is 9.62. The van der Waals surface area contributed by atoms with Crippen molar-refractivity contribution in [1.29, 1.82) is 0 Å². The molecule has 0 radical (unpaired) electrons. The molecule has 1 aromatic carbocycles. The molecule has 2 aromatic heterocycles. The van der Waals surface area contributed by atoms with Crippen LogP contribution in [0.15, 0.2) is 33.7 Å². The molecule has 0 atom stereocenters. The van der Waals surface area contributed by atoms with E-state index >= 15 is 0 Å². The highest BCUT2D eigenvalue weighted by molar-refractivity contribution is 7.89. The predicted molar refractivity (Wildman–Crippen MR) is 104 cm³/mol. The molecule has 0 saturated carbocycles. The van der Waals surface area contributed by atoms with Gasteiger partial charge < -0.3 is 4.52 Å². The van der Waals surface area contributed by atoms with Gasteiger partial charge in [0.2, 0.25) is 10.0 Å². The van der Waals surface area contributed by atoms with E-state index in [1.807, 2.05) is 0 Å². The minimum absolute atomic E-state index is 0.0618. The summed E-state index contributed by atoms with van der Waals surface area (Å²) in [6.45, 7) is 4.35. The Morgan fingerprint density at radius 2 is 1.74 bits per heavy atom. The number of rotatable bonds is 5. The Balaban J connectivity index is 1.57. The molecule has 4 rings (SSSR count). The first-order valence-corrected chi connectivity index (χ1v) is 11.1. The van der Waals surface area contributed by atoms with Gasteiger partial charge in [0.05, 0.1) is 17.0 Å². The van der Waals surface area contributed by atoms with Crippen molar-refractivity contribution < 1.29 is 26.1 Å². The van der Waals surface area contributed by atoms with E-state index in [9.17, 15) is 21.6 Å². The first-order chi connectivity index (χ1) is 14.6. The minimum Gasteiger partial charge on any atom is -0.334 e. The molecule has 1 saturated heterocycles. The van der Waals surface area contributed by atoms with E-state index in [-0.39, 0.29) is 23.2 Å². The van der Waals surface area contributed by atoms with Gasteiger partial charge in [-0.1, -0.05) is 5.16 Å². The molecule has 0 N–H and O–H groups in total. The normalized spacial score (nSPS) is 15.6. The van der Waals surface area contributed by atoms with Crippen molar-refractivity contribution in [3.63, 3.8) is 0 Å². The topological polar surface area (TPSA) is 94.1 Å². The van der Waals surface area contributed by atoms with E-state index in [0.717, 1.165) is 25.0 Å². The molecule has 0 aliphatic carbocycles. The number of hydrogen-bond acceptors (Lipinski definition) is 6. The van der Waals surface area contributed by atoms with E-state index in [1.165, 1.54) is 21.1 Å². The number of alkyl halides is 3. The third-order valence-electron chi connectivity index (χ3n) is 5.20. The molecule has 3 heterocycles. The number of halogens is 3. The second kappa shape index (κ2) is 7.75. The summed E-state index contributed by atoms with van der Waals surface area (Å²) >= 11 is 0.